The lowest BCUT2D eigenvalue weighted by Crippen LogP contribution is -2.44. The van der Waals surface area contributed by atoms with E-state index in [1.807, 2.05) is 0 Å². The van der Waals surface area contributed by atoms with Crippen molar-refractivity contribution in [2.45, 2.75) is 24.7 Å². The fourth-order valence-electron chi connectivity index (χ4n) is 9.04. The molecule has 48 heavy (non-hydrogen) atoms. The van der Waals surface area contributed by atoms with Crippen LogP contribution in [0.5, 0.6) is 0 Å². The van der Waals surface area contributed by atoms with Gasteiger partial charge < -0.3 is 9.47 Å². The molecule has 7 aromatic carbocycles. The van der Waals surface area contributed by atoms with Gasteiger partial charge in [-0.2, -0.15) is 0 Å². The summed E-state index contributed by atoms with van der Waals surface area (Å²) in [4.78, 5) is 2.39. The van der Waals surface area contributed by atoms with Gasteiger partial charge in [0.2, 0.25) is 0 Å². The number of hydrogen-bond donors (Lipinski definition) is 0. The minimum absolute atomic E-state index is 0.237. The van der Waals surface area contributed by atoms with Crippen molar-refractivity contribution >= 4 is 38.9 Å². The molecule has 228 valence electrons. The Labute approximate surface area is 281 Å². The van der Waals surface area contributed by atoms with Crippen LogP contribution in [0.1, 0.15) is 47.2 Å². The molecule has 1 aliphatic heterocycles. The summed E-state index contributed by atoms with van der Waals surface area (Å²) in [5, 5.41) is 2.60. The van der Waals surface area contributed by atoms with Crippen LogP contribution in [-0.2, 0) is 10.8 Å². The fraction of sp³-hybridized carbons (Fsp3) is 0.0870. The second kappa shape index (κ2) is 9.82. The molecule has 1 aliphatic carbocycles. The number of anilines is 3. The highest BCUT2D eigenvalue weighted by Crippen LogP contribution is 2.61. The van der Waals surface area contributed by atoms with E-state index in [1.165, 1.54) is 60.9 Å². The number of rotatable bonds is 3. The largest absolute Gasteiger partial charge is 0.310 e. The molecule has 2 nitrogen and oxygen atoms in total. The molecule has 0 radical (unpaired) electrons. The number of hydrogen-bond acceptors (Lipinski definition) is 1. The minimum Gasteiger partial charge on any atom is -0.310 e. The summed E-state index contributed by atoms with van der Waals surface area (Å²) >= 11 is 0. The van der Waals surface area contributed by atoms with Crippen LogP contribution >= 0.6 is 0 Å². The second-order valence-corrected chi connectivity index (χ2v) is 13.7. The number of para-hydroxylation sites is 5. The Morgan fingerprint density at radius 2 is 0.979 bits per heavy atom. The number of benzene rings is 7. The number of aromatic nitrogens is 1. The van der Waals surface area contributed by atoms with Gasteiger partial charge in [-0.05, 0) is 81.9 Å². The highest BCUT2D eigenvalue weighted by molar-refractivity contribution is 6.12. The van der Waals surface area contributed by atoms with Gasteiger partial charge in [0.1, 0.15) is 0 Å². The Morgan fingerprint density at radius 1 is 0.417 bits per heavy atom. The topological polar surface area (TPSA) is 8.17 Å². The zero-order valence-corrected chi connectivity index (χ0v) is 27.1. The molecule has 0 fully saturated rings. The summed E-state index contributed by atoms with van der Waals surface area (Å²) in [6.07, 6.45) is 0. The van der Waals surface area contributed by atoms with Gasteiger partial charge in [0, 0.05) is 33.2 Å². The average molecular weight is 615 g/mol. The summed E-state index contributed by atoms with van der Waals surface area (Å²) in [6, 6.07) is 62.9. The van der Waals surface area contributed by atoms with Gasteiger partial charge in [-0.25, -0.2) is 0 Å². The van der Waals surface area contributed by atoms with Crippen LogP contribution in [0.15, 0.2) is 170 Å². The molecule has 10 rings (SSSR count). The lowest BCUT2D eigenvalue weighted by Gasteiger charge is -2.50. The van der Waals surface area contributed by atoms with Gasteiger partial charge in [-0.15, -0.1) is 0 Å². The molecule has 0 saturated carbocycles. The van der Waals surface area contributed by atoms with Crippen molar-refractivity contribution < 1.29 is 0 Å². The van der Waals surface area contributed by atoms with Crippen LogP contribution in [0.4, 0.5) is 17.1 Å². The van der Waals surface area contributed by atoms with Gasteiger partial charge in [0.25, 0.3) is 0 Å². The van der Waals surface area contributed by atoms with Crippen LogP contribution in [0.2, 0.25) is 0 Å². The average Bonchev–Trinajstić information content (AvgIpc) is 3.48. The third-order valence-corrected chi connectivity index (χ3v) is 11.0. The van der Waals surface area contributed by atoms with E-state index >= 15 is 0 Å². The maximum Gasteiger partial charge on any atom is 0.0748 e. The Hall–Kier alpha value is -5.86. The molecule has 0 bridgehead atoms. The molecule has 2 aliphatic rings. The first-order chi connectivity index (χ1) is 23.6. The van der Waals surface area contributed by atoms with E-state index < -0.39 is 5.41 Å². The van der Waals surface area contributed by atoms with Gasteiger partial charge in [0.05, 0.1) is 22.1 Å². The van der Waals surface area contributed by atoms with E-state index in [2.05, 4.69) is 193 Å². The van der Waals surface area contributed by atoms with Crippen molar-refractivity contribution in [2.75, 3.05) is 4.90 Å². The molecule has 0 saturated heterocycles. The zero-order chi connectivity index (χ0) is 32.0. The second-order valence-electron chi connectivity index (χ2n) is 13.7. The summed E-state index contributed by atoms with van der Waals surface area (Å²) in [7, 11) is 0. The predicted molar refractivity (Wildman–Crippen MR) is 199 cm³/mol. The van der Waals surface area contributed by atoms with Crippen molar-refractivity contribution in [3.05, 3.63) is 203 Å². The van der Waals surface area contributed by atoms with Crippen molar-refractivity contribution in [1.82, 2.24) is 4.57 Å². The molecule has 2 heterocycles. The Balaban J connectivity index is 1.35. The lowest BCUT2D eigenvalue weighted by molar-refractivity contribution is 0.556. The number of fused-ring (bicyclic) bond motifs is 11. The molecule has 1 atom stereocenters. The van der Waals surface area contributed by atoms with E-state index in [0.29, 0.717) is 0 Å². The van der Waals surface area contributed by atoms with E-state index in [0.717, 1.165) is 17.1 Å². The molecule has 0 N–H and O–H groups in total. The Morgan fingerprint density at radius 3 is 1.73 bits per heavy atom. The molecular weight excluding hydrogens is 581 g/mol. The molecule has 8 aromatic rings. The molecule has 1 unspecified atom stereocenters. The quantitative estimate of drug-likeness (QED) is 0.192. The standard InChI is InChI=1S/C46H34N2/c1-45(2)36-22-10-11-23-37(36)46(38-29-28-33(30-41(38)45)47(31-16-5-3-6-17-31)32-18-7-4-8-19-32)39-24-12-14-27-43(39)48-42-26-13-9-20-34(42)35-21-15-25-40(46)44(35)48/h3-30H,1-2H3. The van der Waals surface area contributed by atoms with Gasteiger partial charge >= 0.3 is 0 Å². The monoisotopic (exact) mass is 614 g/mol. The van der Waals surface area contributed by atoms with Gasteiger partial charge in [0.15, 0.2) is 0 Å². The lowest BCUT2D eigenvalue weighted by atomic mass is 9.53. The fourth-order valence-corrected chi connectivity index (χ4v) is 9.04. The summed E-state index contributed by atoms with van der Waals surface area (Å²) in [5.74, 6) is 0. The summed E-state index contributed by atoms with van der Waals surface area (Å²) in [5.41, 5.74) is 14.6. The van der Waals surface area contributed by atoms with E-state index in [1.54, 1.807) is 0 Å². The SMILES string of the molecule is CC1(C)c2ccccc2C2(c3ccccc3-n3c4ccccc4c4cccc2c43)c2ccc(N(c3ccccc3)c3ccccc3)cc21. The normalized spacial score (nSPS) is 16.8. The van der Waals surface area contributed by atoms with Crippen LogP contribution in [-0.4, -0.2) is 4.57 Å². The smallest absolute Gasteiger partial charge is 0.0748 e. The highest BCUT2D eigenvalue weighted by atomic mass is 15.1. The van der Waals surface area contributed by atoms with Crippen molar-refractivity contribution in [1.29, 1.82) is 0 Å². The Bertz CT molecular complexity index is 2500. The molecule has 1 aromatic heterocycles. The zero-order valence-electron chi connectivity index (χ0n) is 27.1. The first-order valence-electron chi connectivity index (χ1n) is 16.9. The molecule has 1 spiro atoms. The van der Waals surface area contributed by atoms with Crippen molar-refractivity contribution in [3.63, 3.8) is 0 Å². The van der Waals surface area contributed by atoms with Crippen LogP contribution in [0, 0.1) is 0 Å². The van der Waals surface area contributed by atoms with E-state index in [4.69, 9.17) is 0 Å². The van der Waals surface area contributed by atoms with Gasteiger partial charge in [-0.3, -0.25) is 0 Å². The maximum absolute atomic E-state index is 2.52. The van der Waals surface area contributed by atoms with Gasteiger partial charge in [-0.1, -0.05) is 135 Å². The first-order valence-corrected chi connectivity index (χ1v) is 16.9. The van der Waals surface area contributed by atoms with Crippen LogP contribution in [0.25, 0.3) is 27.5 Å². The minimum atomic E-state index is -0.495. The first kappa shape index (κ1) is 27.3. The van der Waals surface area contributed by atoms with E-state index in [9.17, 15) is 0 Å². The highest BCUT2D eigenvalue weighted by Gasteiger charge is 2.52. The Kier molecular flexibility index (Phi) is 5.58. The predicted octanol–water partition coefficient (Wildman–Crippen LogP) is 11.6. The molecule has 2 heteroatoms. The summed E-state index contributed by atoms with van der Waals surface area (Å²) in [6.45, 7) is 4.81. The number of nitrogens with zero attached hydrogens (tertiary/aromatic N) is 2. The molecular formula is C46H34N2. The molecule has 0 amide bonds. The maximum atomic E-state index is 2.52. The summed E-state index contributed by atoms with van der Waals surface area (Å²) < 4.78 is 2.52. The third-order valence-electron chi connectivity index (χ3n) is 11.0. The van der Waals surface area contributed by atoms with E-state index in [-0.39, 0.29) is 5.41 Å². The third kappa shape index (κ3) is 3.42. The van der Waals surface area contributed by atoms with Crippen LogP contribution in [0.3, 0.4) is 0 Å². The van der Waals surface area contributed by atoms with Crippen molar-refractivity contribution in [3.8, 4) is 5.69 Å². The van der Waals surface area contributed by atoms with Crippen LogP contribution < -0.4 is 4.90 Å². The van der Waals surface area contributed by atoms with Crippen molar-refractivity contribution in [2.24, 2.45) is 0 Å².